The fourth-order valence-electron chi connectivity index (χ4n) is 2.15. The Bertz CT molecular complexity index is 612. The number of carbonyl (C=O) groups is 1. The molecule has 2 aromatic carbocycles. The Balaban J connectivity index is 0.000000705. The van der Waals surface area contributed by atoms with Crippen LogP contribution in [0, 0.1) is 7.14 Å². The lowest BCUT2D eigenvalue weighted by Crippen LogP contribution is -3.61. The number of hydrogen-bond acceptors (Lipinski definition) is 2. The maximum Gasteiger partial charge on any atom is 0.357 e. The summed E-state index contributed by atoms with van der Waals surface area (Å²) in [4.78, 5) is 8.89. The first kappa shape index (κ1) is 21.7. The van der Waals surface area contributed by atoms with Crippen molar-refractivity contribution >= 4 is 5.97 Å². The molecule has 2 aromatic rings. The van der Waals surface area contributed by atoms with Gasteiger partial charge in [0.05, 0.1) is 0 Å². The van der Waals surface area contributed by atoms with Crippen LogP contribution in [0.4, 0.5) is 0 Å². The first-order valence-corrected chi connectivity index (χ1v) is 10.6. The Morgan fingerprint density at radius 1 is 0.720 bits per heavy atom. The van der Waals surface area contributed by atoms with Crippen molar-refractivity contribution in [1.82, 2.24) is 0 Å². The van der Waals surface area contributed by atoms with E-state index < -0.39 is 5.97 Å². The lowest BCUT2D eigenvalue weighted by atomic mass is 9.87. The molecule has 0 aliphatic rings. The number of carboxylic acids is 1. The average molecular weight is 452 g/mol. The van der Waals surface area contributed by atoms with Crippen molar-refractivity contribution in [3.05, 3.63) is 66.8 Å². The second kappa shape index (κ2) is 8.84. The van der Waals surface area contributed by atoms with E-state index in [1.54, 1.807) is 0 Å². The molecule has 0 amide bonds. The van der Waals surface area contributed by atoms with Crippen molar-refractivity contribution in [1.29, 1.82) is 0 Å². The smallest absolute Gasteiger partial charge is 0.357 e. The van der Waals surface area contributed by atoms with E-state index >= 15 is 0 Å². The van der Waals surface area contributed by atoms with Gasteiger partial charge in [0.2, 0.25) is 0 Å². The average Bonchev–Trinajstić information content (AvgIpc) is 2.46. The fourth-order valence-corrected chi connectivity index (χ4v) is 4.31. The first-order valence-electron chi connectivity index (χ1n) is 8.43. The number of halogens is 1. The Morgan fingerprint density at radius 2 is 0.960 bits per heavy atom. The Morgan fingerprint density at radius 3 is 1.16 bits per heavy atom. The van der Waals surface area contributed by atoms with Gasteiger partial charge in [0.15, 0.2) is 7.14 Å². The molecule has 2 nitrogen and oxygen atoms in total. The van der Waals surface area contributed by atoms with Gasteiger partial charge in [0, 0.05) is 5.97 Å². The summed E-state index contributed by atoms with van der Waals surface area (Å²) in [6.45, 7) is 14.6. The van der Waals surface area contributed by atoms with Crippen LogP contribution in [0.2, 0.25) is 0 Å². The topological polar surface area (TPSA) is 40.1 Å². The van der Waals surface area contributed by atoms with Crippen LogP contribution in [-0.2, 0) is 15.6 Å². The maximum atomic E-state index is 8.89. The highest BCUT2D eigenvalue weighted by Gasteiger charge is 2.20. The zero-order valence-corrected chi connectivity index (χ0v) is 18.5. The highest BCUT2D eigenvalue weighted by Crippen LogP contribution is 2.21. The molecule has 0 aliphatic carbocycles. The van der Waals surface area contributed by atoms with Gasteiger partial charge in [0.1, 0.15) is 0 Å². The molecular weight excluding hydrogens is 423 g/mol. The quantitative estimate of drug-likeness (QED) is 0.642. The van der Waals surface area contributed by atoms with Crippen molar-refractivity contribution in [2.45, 2.75) is 59.3 Å². The normalized spacial score (nSPS) is 11.5. The summed E-state index contributed by atoms with van der Waals surface area (Å²) in [6, 6.07) is 18.4. The van der Waals surface area contributed by atoms with Gasteiger partial charge in [-0.25, -0.2) is 0 Å². The molecule has 0 radical (unpaired) electrons. The van der Waals surface area contributed by atoms with E-state index in [9.17, 15) is 0 Å². The van der Waals surface area contributed by atoms with Crippen LogP contribution in [0.5, 0.6) is 0 Å². The molecule has 25 heavy (non-hydrogen) atoms. The van der Waals surface area contributed by atoms with Gasteiger partial charge in [0.25, 0.3) is 0 Å². The first-order chi connectivity index (χ1) is 11.4. The minimum Gasteiger partial charge on any atom is -0.550 e. The number of benzene rings is 2. The molecule has 0 fully saturated rings. The van der Waals surface area contributed by atoms with Crippen molar-refractivity contribution in [3.8, 4) is 0 Å². The molecule has 0 unspecified atom stereocenters. The third-order valence-electron chi connectivity index (χ3n) is 3.64. The molecule has 136 valence electrons. The lowest BCUT2D eigenvalue weighted by Gasteiger charge is -2.18. The fraction of sp³-hybridized carbons (Fsp3) is 0.409. The van der Waals surface area contributed by atoms with E-state index in [1.165, 1.54) is 18.3 Å². The molecule has 0 saturated carbocycles. The maximum absolute atomic E-state index is 8.89. The summed E-state index contributed by atoms with van der Waals surface area (Å²) < 4.78 is 2.98. The van der Waals surface area contributed by atoms with Gasteiger partial charge >= 0.3 is 21.2 Å². The molecule has 0 saturated heterocycles. The summed E-state index contributed by atoms with van der Waals surface area (Å²) >= 11 is -0.0703. The lowest BCUT2D eigenvalue weighted by molar-refractivity contribution is -0.597. The van der Waals surface area contributed by atoms with E-state index in [4.69, 9.17) is 9.90 Å². The highest BCUT2D eigenvalue weighted by molar-refractivity contribution is 5.60. The monoisotopic (exact) mass is 452 g/mol. The van der Waals surface area contributed by atoms with Crippen molar-refractivity contribution in [2.75, 3.05) is 0 Å². The van der Waals surface area contributed by atoms with E-state index in [1.807, 2.05) is 0 Å². The number of carbonyl (C=O) groups excluding carboxylic acids is 1. The largest absolute Gasteiger partial charge is 0.550 e. The van der Waals surface area contributed by atoms with Crippen LogP contribution in [0.1, 0.15) is 59.6 Å². The van der Waals surface area contributed by atoms with Crippen molar-refractivity contribution in [3.63, 3.8) is 0 Å². The van der Waals surface area contributed by atoms with Crippen LogP contribution in [0.25, 0.3) is 0 Å². The third kappa shape index (κ3) is 8.04. The van der Waals surface area contributed by atoms with Crippen LogP contribution < -0.4 is 26.3 Å². The number of aliphatic carboxylic acids is 1. The van der Waals surface area contributed by atoms with Crippen LogP contribution in [0.15, 0.2) is 48.5 Å². The minimum absolute atomic E-state index is 0.0703. The molecule has 0 heterocycles. The Kier molecular flexibility index (Phi) is 7.66. The SMILES string of the molecule is CC(=O)[O-].CC(C)(C)c1ccc([I+]c2ccc(C(C)(C)C)cc2)cc1. The van der Waals surface area contributed by atoms with Gasteiger partial charge < -0.3 is 9.90 Å². The second-order valence-electron chi connectivity index (χ2n) is 8.10. The molecule has 0 bridgehead atoms. The molecule has 3 heteroatoms. The van der Waals surface area contributed by atoms with Gasteiger partial charge in [-0.3, -0.25) is 0 Å². The summed E-state index contributed by atoms with van der Waals surface area (Å²) in [5.74, 6) is -1.08. The van der Waals surface area contributed by atoms with Crippen LogP contribution in [0.3, 0.4) is 0 Å². The van der Waals surface area contributed by atoms with Gasteiger partial charge in [-0.2, -0.15) is 0 Å². The Labute approximate surface area is 162 Å². The van der Waals surface area contributed by atoms with Gasteiger partial charge in [-0.1, -0.05) is 65.8 Å². The summed E-state index contributed by atoms with van der Waals surface area (Å²) in [5, 5.41) is 8.89. The van der Waals surface area contributed by atoms with E-state index in [0.717, 1.165) is 6.92 Å². The molecule has 2 rings (SSSR count). The summed E-state index contributed by atoms with van der Waals surface area (Å²) in [7, 11) is 0. The zero-order chi connectivity index (χ0) is 19.3. The van der Waals surface area contributed by atoms with E-state index in [-0.39, 0.29) is 32.0 Å². The van der Waals surface area contributed by atoms with E-state index in [2.05, 4.69) is 90.1 Å². The minimum atomic E-state index is -1.08. The second-order valence-corrected chi connectivity index (χ2v) is 11.1. The summed E-state index contributed by atoms with van der Waals surface area (Å²) in [6.07, 6.45) is 0. The predicted molar refractivity (Wildman–Crippen MR) is 98.4 cm³/mol. The molecule has 0 spiro atoms. The zero-order valence-electron chi connectivity index (χ0n) is 16.3. The van der Waals surface area contributed by atoms with Gasteiger partial charge in [-0.15, -0.1) is 0 Å². The standard InChI is InChI=1S/C20H26I.C2H4O2/c1-19(2,3)15-7-11-17(12-8-15)21-18-13-9-16(10-14-18)20(4,5)6;1-2(3)4/h7-14H,1-6H3;1H3,(H,3,4)/q+1;/p-1. The molecular formula is C22H29IO2. The highest BCUT2D eigenvalue weighted by atomic mass is 127. The van der Waals surface area contributed by atoms with Crippen molar-refractivity contribution in [2.24, 2.45) is 0 Å². The third-order valence-corrected chi connectivity index (χ3v) is 6.32. The van der Waals surface area contributed by atoms with Crippen LogP contribution in [-0.4, -0.2) is 5.97 Å². The molecule has 0 N–H and O–H groups in total. The number of rotatable bonds is 2. The van der Waals surface area contributed by atoms with Gasteiger partial charge in [-0.05, 0) is 53.1 Å². The van der Waals surface area contributed by atoms with E-state index in [0.29, 0.717) is 0 Å². The molecule has 0 aliphatic heterocycles. The Hall–Kier alpha value is -1.36. The number of hydrogen-bond donors (Lipinski definition) is 0. The molecule has 0 atom stereocenters. The van der Waals surface area contributed by atoms with Crippen LogP contribution >= 0.6 is 0 Å². The van der Waals surface area contributed by atoms with Crippen molar-refractivity contribution < 1.29 is 31.1 Å². The predicted octanol–water partition coefficient (Wildman–Crippen LogP) is 1.17. The number of carboxylic acid groups (broad SMARTS) is 1. The molecule has 0 aromatic heterocycles. The summed E-state index contributed by atoms with van der Waals surface area (Å²) in [5.41, 5.74) is 3.31.